The summed E-state index contributed by atoms with van der Waals surface area (Å²) in [6, 6.07) is 10.8. The van der Waals surface area contributed by atoms with Crippen LogP contribution in [0.15, 0.2) is 53.1 Å². The molecule has 1 aromatic heterocycles. The van der Waals surface area contributed by atoms with Crippen molar-refractivity contribution in [3.05, 3.63) is 64.4 Å². The Labute approximate surface area is 226 Å². The van der Waals surface area contributed by atoms with Crippen molar-refractivity contribution < 1.29 is 24.2 Å². The monoisotopic (exact) mass is 576 g/mol. The lowest BCUT2D eigenvalue weighted by atomic mass is 10.0. The number of carbonyl (C=O) groups excluding carboxylic acids is 3. The van der Waals surface area contributed by atoms with Crippen molar-refractivity contribution in [3.8, 4) is 0 Å². The maximum absolute atomic E-state index is 13.2. The number of hydrogen-bond acceptors (Lipinski definition) is 6. The molecule has 0 saturated heterocycles. The number of nitrogens with one attached hydrogen (secondary N) is 3. The van der Waals surface area contributed by atoms with Gasteiger partial charge in [-0.15, -0.1) is 0 Å². The van der Waals surface area contributed by atoms with Crippen molar-refractivity contribution in [1.82, 2.24) is 20.9 Å². The molecule has 4 N–H and O–H groups in total. The molecule has 0 spiro atoms. The number of hydrogen-bond donors (Lipinski definition) is 4. The number of pyridine rings is 1. The minimum atomic E-state index is -1.19. The highest BCUT2D eigenvalue weighted by molar-refractivity contribution is 9.10. The molecule has 0 aliphatic carbocycles. The van der Waals surface area contributed by atoms with Crippen molar-refractivity contribution in [3.63, 3.8) is 0 Å². The number of amides is 3. The molecule has 0 bridgehead atoms. The summed E-state index contributed by atoms with van der Waals surface area (Å²) in [6.07, 6.45) is 1.90. The second-order valence-electron chi connectivity index (χ2n) is 9.14. The number of nitrogens with zero attached hydrogens (tertiary/aromatic N) is 1. The van der Waals surface area contributed by atoms with E-state index in [1.165, 1.54) is 6.20 Å². The molecule has 10 heteroatoms. The fourth-order valence-electron chi connectivity index (χ4n) is 3.46. The second kappa shape index (κ2) is 16.1. The Balaban J connectivity index is 2.07. The number of ether oxygens (including phenoxy) is 1. The minimum Gasteiger partial charge on any atom is -0.390 e. The van der Waals surface area contributed by atoms with Gasteiger partial charge in [0.05, 0.1) is 31.8 Å². The van der Waals surface area contributed by atoms with Gasteiger partial charge in [0.2, 0.25) is 11.8 Å². The summed E-state index contributed by atoms with van der Waals surface area (Å²) < 4.78 is 6.74. The quantitative estimate of drug-likeness (QED) is 0.241. The van der Waals surface area contributed by atoms with Gasteiger partial charge in [0.15, 0.2) is 0 Å². The number of halogens is 1. The van der Waals surface area contributed by atoms with Gasteiger partial charge in [-0.3, -0.25) is 19.4 Å². The lowest BCUT2D eigenvalue weighted by molar-refractivity contribution is -0.129. The van der Waals surface area contributed by atoms with Crippen LogP contribution in [0.4, 0.5) is 0 Å². The predicted molar refractivity (Wildman–Crippen MR) is 145 cm³/mol. The number of unbranched alkanes of at least 4 members (excludes halogenated alkanes) is 1. The summed E-state index contributed by atoms with van der Waals surface area (Å²) in [5, 5.41) is 19.1. The Morgan fingerprint density at radius 3 is 2.43 bits per heavy atom. The maximum atomic E-state index is 13.2. The van der Waals surface area contributed by atoms with Crippen molar-refractivity contribution in [2.75, 3.05) is 13.2 Å². The van der Waals surface area contributed by atoms with Crippen molar-refractivity contribution in [2.45, 2.75) is 64.8 Å². The van der Waals surface area contributed by atoms with E-state index in [2.05, 4.69) is 36.9 Å². The SMILES string of the molecule is CCCCNC(=O)C[C@H](O)[C@H](COCc1ccc(Br)cc1)NC(=O)[C@@H](NC(=O)c1ccccn1)C(C)C. The van der Waals surface area contributed by atoms with Crippen molar-refractivity contribution in [1.29, 1.82) is 0 Å². The minimum absolute atomic E-state index is 0.0236. The van der Waals surface area contributed by atoms with Gasteiger partial charge < -0.3 is 25.8 Å². The Bertz CT molecular complexity index is 988. The lowest BCUT2D eigenvalue weighted by Crippen LogP contribution is -2.56. The lowest BCUT2D eigenvalue weighted by Gasteiger charge is -2.28. The van der Waals surface area contributed by atoms with Gasteiger partial charge in [-0.05, 0) is 42.2 Å². The molecule has 3 atom stereocenters. The molecule has 0 fully saturated rings. The average molecular weight is 578 g/mol. The number of rotatable bonds is 15. The van der Waals surface area contributed by atoms with Crippen LogP contribution in [0.1, 0.15) is 56.1 Å². The molecule has 0 aliphatic rings. The first-order chi connectivity index (χ1) is 17.7. The largest absolute Gasteiger partial charge is 0.390 e. The van der Waals surface area contributed by atoms with E-state index in [0.29, 0.717) is 6.54 Å². The molecule has 9 nitrogen and oxygen atoms in total. The molecule has 0 unspecified atom stereocenters. The van der Waals surface area contributed by atoms with Crippen molar-refractivity contribution in [2.24, 2.45) is 5.92 Å². The Morgan fingerprint density at radius 1 is 1.08 bits per heavy atom. The van der Waals surface area contributed by atoms with Gasteiger partial charge in [-0.25, -0.2) is 0 Å². The third kappa shape index (κ3) is 11.0. The Kier molecular flexibility index (Phi) is 13.2. The van der Waals surface area contributed by atoms with Crippen LogP contribution in [0.25, 0.3) is 0 Å². The summed E-state index contributed by atoms with van der Waals surface area (Å²) in [5.74, 6) is -1.52. The first-order valence-electron chi connectivity index (χ1n) is 12.5. The molecule has 0 aliphatic heterocycles. The van der Waals surface area contributed by atoms with Crippen LogP contribution in [0.3, 0.4) is 0 Å². The topological polar surface area (TPSA) is 130 Å². The van der Waals surface area contributed by atoms with Crippen LogP contribution >= 0.6 is 15.9 Å². The van der Waals surface area contributed by atoms with Crippen LogP contribution in [0, 0.1) is 5.92 Å². The summed E-state index contributed by atoms with van der Waals surface area (Å²) in [6.45, 7) is 6.39. The van der Waals surface area contributed by atoms with E-state index in [0.717, 1.165) is 22.9 Å². The van der Waals surface area contributed by atoms with Crippen molar-refractivity contribution >= 4 is 33.7 Å². The van der Waals surface area contributed by atoms with Crippen LogP contribution in [0.5, 0.6) is 0 Å². The number of carbonyl (C=O) groups is 3. The zero-order valence-electron chi connectivity index (χ0n) is 21.6. The number of aliphatic hydroxyl groups is 1. The molecule has 0 radical (unpaired) electrons. The average Bonchev–Trinajstić information content (AvgIpc) is 2.88. The highest BCUT2D eigenvalue weighted by Crippen LogP contribution is 2.12. The first kappa shape index (κ1) is 30.4. The normalized spacial score (nSPS) is 13.5. The molecule has 1 heterocycles. The second-order valence-corrected chi connectivity index (χ2v) is 10.1. The standard InChI is InChI=1S/C27H37BrN4O5/c1-4-5-13-30-24(34)15-23(33)22(17-37-16-19-9-11-20(28)12-10-19)31-27(36)25(18(2)3)32-26(35)21-8-6-7-14-29-21/h6-12,14,18,22-23,25,33H,4-5,13,15-17H2,1-3H3,(H,30,34)(H,31,36)(H,32,35)/t22-,23-,25-/m0/s1. The third-order valence-corrected chi connectivity index (χ3v) is 6.18. The van der Waals surface area contributed by atoms with Crippen LogP contribution < -0.4 is 16.0 Å². The van der Waals surface area contributed by atoms with E-state index in [4.69, 9.17) is 4.74 Å². The number of benzene rings is 1. The summed E-state index contributed by atoms with van der Waals surface area (Å²) in [5.41, 5.74) is 1.11. The molecule has 2 aromatic rings. The fraction of sp³-hybridized carbons (Fsp3) is 0.481. The first-order valence-corrected chi connectivity index (χ1v) is 13.3. The molecular weight excluding hydrogens is 540 g/mol. The number of aliphatic hydroxyl groups excluding tert-OH is 1. The van der Waals surface area contributed by atoms with Gasteiger partial charge in [0, 0.05) is 17.2 Å². The molecule has 37 heavy (non-hydrogen) atoms. The van der Waals surface area contributed by atoms with Gasteiger partial charge >= 0.3 is 0 Å². The van der Waals surface area contributed by atoms with Gasteiger partial charge in [0.1, 0.15) is 11.7 Å². The third-order valence-electron chi connectivity index (χ3n) is 5.65. The molecule has 2 rings (SSSR count). The fourth-order valence-corrected chi connectivity index (χ4v) is 3.73. The van der Waals surface area contributed by atoms with Gasteiger partial charge in [0.25, 0.3) is 5.91 Å². The van der Waals surface area contributed by atoms with E-state index in [1.807, 2.05) is 31.2 Å². The summed E-state index contributed by atoms with van der Waals surface area (Å²) >= 11 is 3.39. The van der Waals surface area contributed by atoms with E-state index < -0.39 is 30.0 Å². The van der Waals surface area contributed by atoms with Crippen LogP contribution in [-0.2, 0) is 20.9 Å². The Hall–Kier alpha value is -2.82. The smallest absolute Gasteiger partial charge is 0.270 e. The van der Waals surface area contributed by atoms with E-state index in [-0.39, 0.29) is 37.2 Å². The Morgan fingerprint density at radius 2 is 1.81 bits per heavy atom. The molecule has 202 valence electrons. The molecule has 3 amide bonds. The molecule has 1 aromatic carbocycles. The van der Waals surface area contributed by atoms with Crippen LogP contribution in [0.2, 0.25) is 0 Å². The predicted octanol–water partition coefficient (Wildman–Crippen LogP) is 2.97. The van der Waals surface area contributed by atoms with E-state index in [9.17, 15) is 19.5 Å². The maximum Gasteiger partial charge on any atom is 0.270 e. The zero-order valence-corrected chi connectivity index (χ0v) is 23.2. The van der Waals surface area contributed by atoms with Gasteiger partial charge in [-0.1, -0.05) is 61.3 Å². The number of aromatic nitrogens is 1. The highest BCUT2D eigenvalue weighted by atomic mass is 79.9. The molecular formula is C27H37BrN4O5. The van der Waals surface area contributed by atoms with Crippen LogP contribution in [-0.4, -0.2) is 59.2 Å². The zero-order chi connectivity index (χ0) is 27.2. The highest BCUT2D eigenvalue weighted by Gasteiger charge is 2.30. The summed E-state index contributed by atoms with van der Waals surface area (Å²) in [4.78, 5) is 42.2. The van der Waals surface area contributed by atoms with Gasteiger partial charge in [-0.2, -0.15) is 0 Å². The van der Waals surface area contributed by atoms with E-state index in [1.54, 1.807) is 32.0 Å². The summed E-state index contributed by atoms with van der Waals surface area (Å²) in [7, 11) is 0. The molecule has 0 saturated carbocycles. The van der Waals surface area contributed by atoms with E-state index >= 15 is 0 Å².